The van der Waals surface area contributed by atoms with Crippen LogP contribution in [0.5, 0.6) is 0 Å². The van der Waals surface area contributed by atoms with Gasteiger partial charge in [-0.25, -0.2) is 4.79 Å². The van der Waals surface area contributed by atoms with E-state index in [0.717, 1.165) is 12.8 Å². The number of aliphatic hydroxyl groups is 1. The zero-order valence-corrected chi connectivity index (χ0v) is 13.2. The number of aromatic nitrogens is 2. The summed E-state index contributed by atoms with van der Waals surface area (Å²) in [4.78, 5) is 16.0. The molecule has 2 amide bonds. The van der Waals surface area contributed by atoms with Gasteiger partial charge in [0, 0.05) is 13.5 Å². The van der Waals surface area contributed by atoms with Crippen molar-refractivity contribution >= 4 is 6.03 Å². The van der Waals surface area contributed by atoms with E-state index >= 15 is 0 Å². The fraction of sp³-hybridized carbons (Fsp3) is 0.786. The fourth-order valence-corrected chi connectivity index (χ4v) is 2.21. The molecule has 0 radical (unpaired) electrons. The Morgan fingerprint density at radius 3 is 2.43 bits per heavy atom. The van der Waals surface area contributed by atoms with Crippen LogP contribution in [0.25, 0.3) is 0 Å². The van der Waals surface area contributed by atoms with Gasteiger partial charge in [-0.3, -0.25) is 0 Å². The third-order valence-corrected chi connectivity index (χ3v) is 3.63. The third-order valence-electron chi connectivity index (χ3n) is 3.63. The predicted octanol–water partition coefficient (Wildman–Crippen LogP) is 1.93. The first-order chi connectivity index (χ1) is 10.0. The molecular weight excluding hydrogens is 272 g/mol. The number of nitrogens with zero attached hydrogens (tertiary/aromatic N) is 2. The maximum Gasteiger partial charge on any atom is 0.315 e. The standard InChI is InChI=1S/C14H26N4O3/c1-5-10(6-2)12(19)8-15-14(20)17-11(7-3)13-16-9(4)21-18-13/h10-12,19H,5-8H2,1-4H3,(H2,15,17,20). The average molecular weight is 298 g/mol. The van der Waals surface area contributed by atoms with Gasteiger partial charge >= 0.3 is 6.03 Å². The third kappa shape index (κ3) is 5.34. The van der Waals surface area contributed by atoms with Crippen molar-refractivity contribution in [3.8, 4) is 0 Å². The van der Waals surface area contributed by atoms with E-state index in [2.05, 4.69) is 20.8 Å². The zero-order chi connectivity index (χ0) is 15.8. The SMILES string of the molecule is CCC(NC(=O)NCC(O)C(CC)CC)c1noc(C)n1. The molecule has 0 aliphatic heterocycles. The van der Waals surface area contributed by atoms with Gasteiger partial charge in [0.2, 0.25) is 5.89 Å². The van der Waals surface area contributed by atoms with Crippen molar-refractivity contribution in [2.75, 3.05) is 6.54 Å². The Hall–Kier alpha value is -1.63. The van der Waals surface area contributed by atoms with E-state index in [0.29, 0.717) is 18.1 Å². The molecular formula is C14H26N4O3. The van der Waals surface area contributed by atoms with Crippen molar-refractivity contribution < 1.29 is 14.4 Å². The van der Waals surface area contributed by atoms with Gasteiger partial charge in [0.05, 0.1) is 12.1 Å². The first kappa shape index (κ1) is 17.4. The van der Waals surface area contributed by atoms with Crippen molar-refractivity contribution in [2.24, 2.45) is 5.92 Å². The maximum absolute atomic E-state index is 11.9. The molecule has 2 atom stereocenters. The lowest BCUT2D eigenvalue weighted by molar-refractivity contribution is 0.103. The Morgan fingerprint density at radius 2 is 1.95 bits per heavy atom. The highest BCUT2D eigenvalue weighted by molar-refractivity contribution is 5.74. The molecule has 0 aromatic carbocycles. The molecule has 0 spiro atoms. The van der Waals surface area contributed by atoms with Crippen LogP contribution >= 0.6 is 0 Å². The Balaban J connectivity index is 2.45. The van der Waals surface area contributed by atoms with Crippen LogP contribution in [0.2, 0.25) is 0 Å². The smallest absolute Gasteiger partial charge is 0.315 e. The molecule has 7 nitrogen and oxygen atoms in total. The predicted molar refractivity (Wildman–Crippen MR) is 78.7 cm³/mol. The first-order valence-electron chi connectivity index (χ1n) is 7.54. The van der Waals surface area contributed by atoms with Crippen LogP contribution in [0, 0.1) is 12.8 Å². The van der Waals surface area contributed by atoms with E-state index in [4.69, 9.17) is 4.52 Å². The average Bonchev–Trinajstić information content (AvgIpc) is 2.90. The van der Waals surface area contributed by atoms with Gasteiger partial charge in [-0.15, -0.1) is 0 Å². The summed E-state index contributed by atoms with van der Waals surface area (Å²) >= 11 is 0. The quantitative estimate of drug-likeness (QED) is 0.681. The molecule has 120 valence electrons. The van der Waals surface area contributed by atoms with Crippen molar-refractivity contribution in [1.29, 1.82) is 0 Å². The molecule has 0 fully saturated rings. The van der Waals surface area contributed by atoms with Gasteiger partial charge in [0.15, 0.2) is 5.82 Å². The second kappa shape index (κ2) is 8.61. The van der Waals surface area contributed by atoms with Crippen LogP contribution in [0.1, 0.15) is 57.8 Å². The van der Waals surface area contributed by atoms with E-state index in [1.807, 2.05) is 20.8 Å². The van der Waals surface area contributed by atoms with Crippen molar-refractivity contribution in [3.63, 3.8) is 0 Å². The number of urea groups is 1. The Labute approximate surface area is 125 Å². The summed E-state index contributed by atoms with van der Waals surface area (Å²) < 4.78 is 4.91. The number of aryl methyl sites for hydroxylation is 1. The number of hydrogen-bond donors (Lipinski definition) is 3. The highest BCUT2D eigenvalue weighted by atomic mass is 16.5. The Kier molecular flexibility index (Phi) is 7.14. The number of hydrogen-bond acceptors (Lipinski definition) is 5. The number of aliphatic hydroxyl groups excluding tert-OH is 1. The second-order valence-electron chi connectivity index (χ2n) is 5.13. The molecule has 7 heteroatoms. The van der Waals surface area contributed by atoms with Crippen molar-refractivity contribution in [1.82, 2.24) is 20.8 Å². The monoisotopic (exact) mass is 298 g/mol. The largest absolute Gasteiger partial charge is 0.391 e. The highest BCUT2D eigenvalue weighted by Crippen LogP contribution is 2.13. The van der Waals surface area contributed by atoms with Crippen LogP contribution in [0.15, 0.2) is 4.52 Å². The van der Waals surface area contributed by atoms with E-state index in [1.165, 1.54) is 0 Å². The first-order valence-corrected chi connectivity index (χ1v) is 7.54. The van der Waals surface area contributed by atoms with Gasteiger partial charge < -0.3 is 20.3 Å². The fourth-order valence-electron chi connectivity index (χ4n) is 2.21. The summed E-state index contributed by atoms with van der Waals surface area (Å²) in [5.41, 5.74) is 0. The van der Waals surface area contributed by atoms with Crippen molar-refractivity contribution in [3.05, 3.63) is 11.7 Å². The lowest BCUT2D eigenvalue weighted by Crippen LogP contribution is -2.43. The summed E-state index contributed by atoms with van der Waals surface area (Å²) in [6, 6.07) is -0.637. The van der Waals surface area contributed by atoms with E-state index < -0.39 is 6.10 Å². The minimum Gasteiger partial charge on any atom is -0.391 e. The molecule has 3 N–H and O–H groups in total. The van der Waals surface area contributed by atoms with Gasteiger partial charge in [-0.1, -0.05) is 38.8 Å². The molecule has 0 aliphatic rings. The van der Waals surface area contributed by atoms with E-state index in [9.17, 15) is 9.90 Å². The number of rotatable bonds is 8. The van der Waals surface area contributed by atoms with Crippen LogP contribution < -0.4 is 10.6 Å². The lowest BCUT2D eigenvalue weighted by Gasteiger charge is -2.21. The van der Waals surface area contributed by atoms with Crippen molar-refractivity contribution in [2.45, 2.75) is 59.1 Å². The molecule has 1 rings (SSSR count). The highest BCUT2D eigenvalue weighted by Gasteiger charge is 2.20. The molecule has 0 saturated heterocycles. The van der Waals surface area contributed by atoms with Crippen LogP contribution in [0.3, 0.4) is 0 Å². The molecule has 0 saturated carbocycles. The molecule has 21 heavy (non-hydrogen) atoms. The van der Waals surface area contributed by atoms with Crippen LogP contribution in [-0.2, 0) is 0 Å². The Morgan fingerprint density at radius 1 is 1.29 bits per heavy atom. The zero-order valence-electron chi connectivity index (χ0n) is 13.2. The molecule has 0 bridgehead atoms. The summed E-state index contributed by atoms with van der Waals surface area (Å²) in [6.07, 6.45) is 1.90. The lowest BCUT2D eigenvalue weighted by atomic mass is 9.97. The number of carbonyl (C=O) groups is 1. The minimum absolute atomic E-state index is 0.201. The summed E-state index contributed by atoms with van der Waals surface area (Å²) in [5, 5.41) is 19.3. The van der Waals surface area contributed by atoms with Crippen LogP contribution in [0.4, 0.5) is 4.79 Å². The summed E-state index contributed by atoms with van der Waals surface area (Å²) in [7, 11) is 0. The minimum atomic E-state index is -0.529. The molecule has 1 aromatic rings. The summed E-state index contributed by atoms with van der Waals surface area (Å²) in [6.45, 7) is 7.93. The van der Waals surface area contributed by atoms with E-state index in [1.54, 1.807) is 6.92 Å². The van der Waals surface area contributed by atoms with Gasteiger partial charge in [0.1, 0.15) is 0 Å². The van der Waals surface area contributed by atoms with Gasteiger partial charge in [-0.05, 0) is 12.3 Å². The summed E-state index contributed by atoms with van der Waals surface area (Å²) in [5.74, 6) is 1.13. The Bertz CT molecular complexity index is 432. The van der Waals surface area contributed by atoms with E-state index in [-0.39, 0.29) is 24.5 Å². The number of nitrogens with one attached hydrogen (secondary N) is 2. The topological polar surface area (TPSA) is 100 Å². The van der Waals surface area contributed by atoms with Crippen LogP contribution in [-0.4, -0.2) is 33.9 Å². The second-order valence-corrected chi connectivity index (χ2v) is 5.13. The molecule has 1 aromatic heterocycles. The molecule has 0 aliphatic carbocycles. The van der Waals surface area contributed by atoms with Gasteiger partial charge in [-0.2, -0.15) is 4.98 Å². The number of carbonyl (C=O) groups excluding carboxylic acids is 1. The number of amides is 2. The molecule has 1 heterocycles. The van der Waals surface area contributed by atoms with Gasteiger partial charge in [0.25, 0.3) is 0 Å². The normalized spacial score (nSPS) is 14.0. The maximum atomic E-state index is 11.9. The molecule has 2 unspecified atom stereocenters.